The zero-order valence-corrected chi connectivity index (χ0v) is 12.3. The van der Waals surface area contributed by atoms with Gasteiger partial charge in [-0.1, -0.05) is 20.8 Å². The molecule has 0 aliphatic carbocycles. The van der Waals surface area contributed by atoms with Crippen LogP contribution in [0.5, 0.6) is 0 Å². The molecule has 4 N–H and O–H groups in total. The zero-order valence-electron chi connectivity index (χ0n) is 12.3. The number of rotatable bonds is 1. The average molecular weight is 262 g/mol. The summed E-state index contributed by atoms with van der Waals surface area (Å²) in [4.78, 5) is 6.74. The van der Waals surface area contributed by atoms with Crippen molar-refractivity contribution in [2.45, 2.75) is 40.0 Å². The van der Waals surface area contributed by atoms with E-state index in [1.165, 1.54) is 19.3 Å². The summed E-state index contributed by atoms with van der Waals surface area (Å²) in [7, 11) is 0. The summed E-state index contributed by atoms with van der Waals surface area (Å²) in [6.45, 7) is 9.13. The van der Waals surface area contributed by atoms with Crippen LogP contribution in [0.1, 0.15) is 40.0 Å². The van der Waals surface area contributed by atoms with Gasteiger partial charge in [-0.2, -0.15) is 0 Å². The van der Waals surface area contributed by atoms with Gasteiger partial charge in [-0.05, 0) is 42.7 Å². The fraction of sp³-hybridized carbons (Fsp3) is 0.667. The van der Waals surface area contributed by atoms with Crippen LogP contribution in [0.15, 0.2) is 12.1 Å². The van der Waals surface area contributed by atoms with E-state index in [-0.39, 0.29) is 0 Å². The molecule has 0 radical (unpaired) electrons. The third-order valence-corrected chi connectivity index (χ3v) is 4.22. The Labute approximate surface area is 116 Å². The number of pyridine rings is 1. The Hall–Kier alpha value is -1.45. The topological polar surface area (TPSA) is 68.2 Å². The predicted octanol–water partition coefficient (Wildman–Crippen LogP) is 2.90. The molecule has 0 aromatic carbocycles. The van der Waals surface area contributed by atoms with Gasteiger partial charge in [0, 0.05) is 13.1 Å². The van der Waals surface area contributed by atoms with Crippen molar-refractivity contribution in [3.8, 4) is 0 Å². The minimum Gasteiger partial charge on any atom is -0.396 e. The van der Waals surface area contributed by atoms with Crippen molar-refractivity contribution in [3.05, 3.63) is 12.1 Å². The molecule has 1 aliphatic heterocycles. The standard InChI is InChI=1S/C15H26N4/c1-15(2,3)11-5-4-9-19(10-8-11)13-7-6-12(16)14(17)18-13/h6-7,11H,4-5,8-10,16H2,1-3H3,(H2,17,18). The number of hydrogen-bond donors (Lipinski definition) is 2. The molecule has 1 unspecified atom stereocenters. The minimum atomic E-state index is 0.392. The molecule has 2 rings (SSSR count). The monoisotopic (exact) mass is 262 g/mol. The number of nitrogens with zero attached hydrogens (tertiary/aromatic N) is 2. The van der Waals surface area contributed by atoms with E-state index < -0.39 is 0 Å². The molecular formula is C15H26N4. The van der Waals surface area contributed by atoms with Crippen LogP contribution >= 0.6 is 0 Å². The first kappa shape index (κ1) is 14.0. The largest absolute Gasteiger partial charge is 0.396 e. The number of nitrogens with two attached hydrogens (primary N) is 2. The summed E-state index contributed by atoms with van der Waals surface area (Å²) in [5.74, 6) is 2.18. The third kappa shape index (κ3) is 3.31. The van der Waals surface area contributed by atoms with Gasteiger partial charge in [0.2, 0.25) is 0 Å². The van der Waals surface area contributed by atoms with E-state index in [0.29, 0.717) is 16.9 Å². The van der Waals surface area contributed by atoms with E-state index in [0.717, 1.165) is 24.8 Å². The van der Waals surface area contributed by atoms with Gasteiger partial charge in [-0.15, -0.1) is 0 Å². The number of aromatic nitrogens is 1. The fourth-order valence-corrected chi connectivity index (χ4v) is 2.84. The molecule has 0 amide bonds. The molecule has 1 aromatic heterocycles. The first-order chi connectivity index (χ1) is 8.88. The summed E-state index contributed by atoms with van der Waals surface area (Å²) in [6, 6.07) is 3.83. The maximum absolute atomic E-state index is 5.80. The van der Waals surface area contributed by atoms with Crippen LogP contribution in [0.4, 0.5) is 17.3 Å². The highest BCUT2D eigenvalue weighted by atomic mass is 15.2. The lowest BCUT2D eigenvalue weighted by Gasteiger charge is -2.30. The summed E-state index contributed by atoms with van der Waals surface area (Å²) in [5.41, 5.74) is 12.5. The molecule has 2 heterocycles. The highest BCUT2D eigenvalue weighted by Crippen LogP contribution is 2.35. The smallest absolute Gasteiger partial charge is 0.149 e. The van der Waals surface area contributed by atoms with Gasteiger partial charge in [0.25, 0.3) is 0 Å². The van der Waals surface area contributed by atoms with Crippen molar-refractivity contribution in [1.82, 2.24) is 4.98 Å². The van der Waals surface area contributed by atoms with E-state index in [4.69, 9.17) is 11.5 Å². The number of hydrogen-bond acceptors (Lipinski definition) is 4. The molecule has 1 saturated heterocycles. The Morgan fingerprint density at radius 3 is 2.53 bits per heavy atom. The molecule has 19 heavy (non-hydrogen) atoms. The van der Waals surface area contributed by atoms with E-state index in [1.807, 2.05) is 12.1 Å². The van der Waals surface area contributed by atoms with Crippen LogP contribution < -0.4 is 16.4 Å². The zero-order chi connectivity index (χ0) is 14.0. The van der Waals surface area contributed by atoms with Crippen molar-refractivity contribution >= 4 is 17.3 Å². The molecule has 1 atom stereocenters. The third-order valence-electron chi connectivity index (χ3n) is 4.22. The van der Waals surface area contributed by atoms with Gasteiger partial charge in [0.1, 0.15) is 11.6 Å². The molecule has 0 spiro atoms. The Kier molecular flexibility index (Phi) is 3.88. The number of nitrogen functional groups attached to an aromatic ring is 2. The van der Waals surface area contributed by atoms with Crippen molar-refractivity contribution in [3.63, 3.8) is 0 Å². The van der Waals surface area contributed by atoms with Gasteiger partial charge in [0.05, 0.1) is 5.69 Å². The highest BCUT2D eigenvalue weighted by molar-refractivity contribution is 5.62. The van der Waals surface area contributed by atoms with Crippen molar-refractivity contribution in [2.75, 3.05) is 29.5 Å². The first-order valence-corrected chi connectivity index (χ1v) is 7.15. The van der Waals surface area contributed by atoms with Gasteiger partial charge < -0.3 is 16.4 Å². The van der Waals surface area contributed by atoms with Crippen LogP contribution in [-0.4, -0.2) is 18.1 Å². The van der Waals surface area contributed by atoms with E-state index in [1.54, 1.807) is 0 Å². The Morgan fingerprint density at radius 1 is 1.16 bits per heavy atom. The quantitative estimate of drug-likeness (QED) is 0.816. The van der Waals surface area contributed by atoms with Gasteiger partial charge in [-0.3, -0.25) is 0 Å². The molecule has 4 nitrogen and oxygen atoms in total. The van der Waals surface area contributed by atoms with E-state index in [2.05, 4.69) is 30.7 Å². The SMILES string of the molecule is CC(C)(C)C1CCCN(c2ccc(N)c(N)n2)CC1. The van der Waals surface area contributed by atoms with E-state index >= 15 is 0 Å². The summed E-state index contributed by atoms with van der Waals surface area (Å²) in [5, 5.41) is 0. The summed E-state index contributed by atoms with van der Waals surface area (Å²) < 4.78 is 0. The molecule has 106 valence electrons. The Balaban J connectivity index is 2.08. The predicted molar refractivity (Wildman–Crippen MR) is 82.1 cm³/mol. The van der Waals surface area contributed by atoms with Gasteiger partial charge in [-0.25, -0.2) is 4.98 Å². The van der Waals surface area contributed by atoms with Gasteiger partial charge >= 0.3 is 0 Å². The summed E-state index contributed by atoms with van der Waals surface area (Å²) >= 11 is 0. The maximum atomic E-state index is 5.80. The van der Waals surface area contributed by atoms with Crippen LogP contribution in [0.3, 0.4) is 0 Å². The van der Waals surface area contributed by atoms with Crippen molar-refractivity contribution in [1.29, 1.82) is 0 Å². The number of anilines is 3. The second-order valence-electron chi connectivity index (χ2n) is 6.62. The molecule has 4 heteroatoms. The lowest BCUT2D eigenvalue weighted by atomic mass is 9.77. The van der Waals surface area contributed by atoms with Crippen molar-refractivity contribution < 1.29 is 0 Å². The molecule has 0 bridgehead atoms. The van der Waals surface area contributed by atoms with E-state index in [9.17, 15) is 0 Å². The summed E-state index contributed by atoms with van der Waals surface area (Å²) in [6.07, 6.45) is 3.73. The molecule has 1 fully saturated rings. The normalized spacial score (nSPS) is 21.2. The van der Waals surface area contributed by atoms with Crippen LogP contribution in [0, 0.1) is 11.3 Å². The average Bonchev–Trinajstić information content (AvgIpc) is 2.57. The van der Waals surface area contributed by atoms with Crippen molar-refractivity contribution in [2.24, 2.45) is 11.3 Å². The molecule has 1 aliphatic rings. The maximum Gasteiger partial charge on any atom is 0.149 e. The lowest BCUT2D eigenvalue weighted by molar-refractivity contribution is 0.220. The molecular weight excluding hydrogens is 236 g/mol. The fourth-order valence-electron chi connectivity index (χ4n) is 2.84. The lowest BCUT2D eigenvalue weighted by Crippen LogP contribution is -2.27. The van der Waals surface area contributed by atoms with Gasteiger partial charge in [0.15, 0.2) is 0 Å². The molecule has 0 saturated carbocycles. The second-order valence-corrected chi connectivity index (χ2v) is 6.62. The minimum absolute atomic E-state index is 0.392. The van der Waals surface area contributed by atoms with Crippen LogP contribution in [-0.2, 0) is 0 Å². The van der Waals surface area contributed by atoms with Crippen LogP contribution in [0.2, 0.25) is 0 Å². The Bertz CT molecular complexity index is 436. The Morgan fingerprint density at radius 2 is 1.89 bits per heavy atom. The molecule has 1 aromatic rings. The first-order valence-electron chi connectivity index (χ1n) is 7.15. The second kappa shape index (κ2) is 5.27. The highest BCUT2D eigenvalue weighted by Gasteiger charge is 2.27. The van der Waals surface area contributed by atoms with Crippen LogP contribution in [0.25, 0.3) is 0 Å².